The van der Waals surface area contributed by atoms with Gasteiger partial charge >= 0.3 is 5.97 Å². The summed E-state index contributed by atoms with van der Waals surface area (Å²) in [7, 11) is 0. The molecule has 0 aromatic carbocycles. The Morgan fingerprint density at radius 1 is 1.64 bits per heavy atom. The Balaban J connectivity index is 2.48. The summed E-state index contributed by atoms with van der Waals surface area (Å²) in [6.45, 7) is 5.84. The first-order chi connectivity index (χ1) is 5.11. The zero-order valence-corrected chi connectivity index (χ0v) is 6.87. The van der Waals surface area contributed by atoms with E-state index >= 15 is 0 Å². The molecule has 3 nitrogen and oxygen atoms in total. The van der Waals surface area contributed by atoms with E-state index in [0.717, 1.165) is 13.1 Å². The standard InChI is InChI=1S/C8H13NO2/c1-6(8(10)11)5-7(2)9-3-4-9/h5,7H,3-4H2,1-2H3,(H,10,11). The lowest BCUT2D eigenvalue weighted by Gasteiger charge is -2.06. The van der Waals surface area contributed by atoms with Crippen LogP contribution in [0.2, 0.25) is 0 Å². The second-order valence-electron chi connectivity index (χ2n) is 2.93. The van der Waals surface area contributed by atoms with Crippen molar-refractivity contribution < 1.29 is 9.90 Å². The van der Waals surface area contributed by atoms with Gasteiger partial charge in [-0.3, -0.25) is 4.90 Å². The van der Waals surface area contributed by atoms with Gasteiger partial charge in [0.2, 0.25) is 0 Å². The van der Waals surface area contributed by atoms with E-state index in [9.17, 15) is 4.79 Å². The topological polar surface area (TPSA) is 40.3 Å². The molecule has 0 aromatic rings. The molecule has 1 aliphatic rings. The summed E-state index contributed by atoms with van der Waals surface area (Å²) in [6.07, 6.45) is 1.79. The van der Waals surface area contributed by atoms with E-state index in [1.165, 1.54) is 0 Å². The van der Waals surface area contributed by atoms with Crippen LogP contribution in [0.3, 0.4) is 0 Å². The lowest BCUT2D eigenvalue weighted by molar-refractivity contribution is -0.132. The molecule has 0 spiro atoms. The third kappa shape index (κ3) is 2.35. The van der Waals surface area contributed by atoms with Crippen molar-refractivity contribution in [3.8, 4) is 0 Å². The van der Waals surface area contributed by atoms with Crippen LogP contribution in [0.4, 0.5) is 0 Å². The minimum atomic E-state index is -0.821. The summed E-state index contributed by atoms with van der Waals surface area (Å²) in [4.78, 5) is 12.6. The van der Waals surface area contributed by atoms with Crippen molar-refractivity contribution in [1.82, 2.24) is 4.90 Å². The van der Waals surface area contributed by atoms with Crippen molar-refractivity contribution in [2.24, 2.45) is 0 Å². The Kier molecular flexibility index (Phi) is 2.29. The average Bonchev–Trinajstić information content (AvgIpc) is 2.67. The largest absolute Gasteiger partial charge is 0.478 e. The number of hydrogen-bond donors (Lipinski definition) is 1. The lowest BCUT2D eigenvalue weighted by atomic mass is 10.2. The molecule has 1 unspecified atom stereocenters. The molecular weight excluding hydrogens is 142 g/mol. The molecule has 0 aromatic heterocycles. The first-order valence-corrected chi connectivity index (χ1v) is 3.77. The summed E-state index contributed by atoms with van der Waals surface area (Å²) < 4.78 is 0. The van der Waals surface area contributed by atoms with Gasteiger partial charge in [0.1, 0.15) is 0 Å². The molecule has 3 heteroatoms. The molecule has 1 N–H and O–H groups in total. The third-order valence-corrected chi connectivity index (χ3v) is 1.89. The molecule has 1 rings (SSSR count). The fourth-order valence-electron chi connectivity index (χ4n) is 1.00. The fourth-order valence-corrected chi connectivity index (χ4v) is 1.00. The van der Waals surface area contributed by atoms with Gasteiger partial charge in [-0.15, -0.1) is 0 Å². The molecule has 1 saturated heterocycles. The van der Waals surface area contributed by atoms with Gasteiger partial charge < -0.3 is 5.11 Å². The Morgan fingerprint density at radius 2 is 2.18 bits per heavy atom. The van der Waals surface area contributed by atoms with E-state index in [2.05, 4.69) is 4.90 Å². The molecule has 11 heavy (non-hydrogen) atoms. The summed E-state index contributed by atoms with van der Waals surface area (Å²) in [6, 6.07) is 0.283. The van der Waals surface area contributed by atoms with Gasteiger partial charge in [-0.2, -0.15) is 0 Å². The van der Waals surface area contributed by atoms with Crippen LogP contribution in [0, 0.1) is 0 Å². The molecule has 0 bridgehead atoms. The maximum Gasteiger partial charge on any atom is 0.331 e. The average molecular weight is 155 g/mol. The van der Waals surface area contributed by atoms with E-state index in [1.54, 1.807) is 13.0 Å². The van der Waals surface area contributed by atoms with Crippen LogP contribution in [0.5, 0.6) is 0 Å². The molecule has 1 aliphatic heterocycles. The minimum Gasteiger partial charge on any atom is -0.478 e. The van der Waals surface area contributed by atoms with Gasteiger partial charge in [0, 0.05) is 24.7 Å². The highest BCUT2D eigenvalue weighted by Crippen LogP contribution is 2.12. The second-order valence-corrected chi connectivity index (χ2v) is 2.93. The van der Waals surface area contributed by atoms with Crippen LogP contribution in [-0.4, -0.2) is 35.1 Å². The molecule has 1 fully saturated rings. The van der Waals surface area contributed by atoms with E-state index in [1.807, 2.05) is 6.92 Å². The van der Waals surface area contributed by atoms with Crippen molar-refractivity contribution in [2.75, 3.05) is 13.1 Å². The maximum absolute atomic E-state index is 10.4. The van der Waals surface area contributed by atoms with Gasteiger partial charge in [-0.25, -0.2) is 4.79 Å². The van der Waals surface area contributed by atoms with Crippen LogP contribution in [0.15, 0.2) is 11.6 Å². The van der Waals surface area contributed by atoms with Gasteiger partial charge in [0.05, 0.1) is 0 Å². The van der Waals surface area contributed by atoms with Crippen LogP contribution in [-0.2, 0) is 4.79 Å². The molecule has 1 heterocycles. The summed E-state index contributed by atoms with van der Waals surface area (Å²) in [5.74, 6) is -0.821. The molecule has 0 aliphatic carbocycles. The first-order valence-electron chi connectivity index (χ1n) is 3.77. The zero-order chi connectivity index (χ0) is 8.43. The van der Waals surface area contributed by atoms with Crippen molar-refractivity contribution in [2.45, 2.75) is 19.9 Å². The Bertz CT molecular complexity index is 194. The number of carboxylic acids is 1. The highest BCUT2D eigenvalue weighted by atomic mass is 16.4. The van der Waals surface area contributed by atoms with Crippen LogP contribution < -0.4 is 0 Å². The van der Waals surface area contributed by atoms with Crippen LogP contribution in [0.1, 0.15) is 13.8 Å². The first kappa shape index (κ1) is 8.27. The molecule has 1 atom stereocenters. The molecule has 0 amide bonds. The van der Waals surface area contributed by atoms with E-state index < -0.39 is 5.97 Å². The van der Waals surface area contributed by atoms with Crippen LogP contribution in [0.25, 0.3) is 0 Å². The van der Waals surface area contributed by atoms with Gasteiger partial charge in [0.15, 0.2) is 0 Å². The normalized spacial score (nSPS) is 21.5. The van der Waals surface area contributed by atoms with Crippen molar-refractivity contribution in [1.29, 1.82) is 0 Å². The number of rotatable bonds is 3. The van der Waals surface area contributed by atoms with Crippen molar-refractivity contribution in [3.63, 3.8) is 0 Å². The number of aliphatic carboxylic acids is 1. The van der Waals surface area contributed by atoms with Crippen molar-refractivity contribution in [3.05, 3.63) is 11.6 Å². The number of nitrogens with zero attached hydrogens (tertiary/aromatic N) is 1. The molecular formula is C8H13NO2. The number of carboxylic acid groups (broad SMARTS) is 1. The molecule has 0 saturated carbocycles. The monoisotopic (exact) mass is 155 g/mol. The Hall–Kier alpha value is -0.830. The van der Waals surface area contributed by atoms with E-state index in [-0.39, 0.29) is 6.04 Å². The fraction of sp³-hybridized carbons (Fsp3) is 0.625. The smallest absolute Gasteiger partial charge is 0.331 e. The van der Waals surface area contributed by atoms with E-state index in [0.29, 0.717) is 5.57 Å². The summed E-state index contributed by atoms with van der Waals surface area (Å²) in [5.41, 5.74) is 0.435. The number of hydrogen-bond acceptors (Lipinski definition) is 2. The number of carbonyl (C=O) groups is 1. The van der Waals surface area contributed by atoms with Gasteiger partial charge in [0.25, 0.3) is 0 Å². The van der Waals surface area contributed by atoms with Gasteiger partial charge in [-0.1, -0.05) is 6.08 Å². The summed E-state index contributed by atoms with van der Waals surface area (Å²) >= 11 is 0. The van der Waals surface area contributed by atoms with Gasteiger partial charge in [-0.05, 0) is 13.8 Å². The predicted molar refractivity (Wildman–Crippen MR) is 42.4 cm³/mol. The SMILES string of the molecule is CC(=CC(C)N1CC1)C(=O)O. The molecule has 0 radical (unpaired) electrons. The second kappa shape index (κ2) is 3.05. The third-order valence-electron chi connectivity index (χ3n) is 1.89. The quantitative estimate of drug-likeness (QED) is 0.482. The lowest BCUT2D eigenvalue weighted by Crippen LogP contribution is -2.12. The molecule has 62 valence electrons. The Labute approximate surface area is 66.3 Å². The highest BCUT2D eigenvalue weighted by molar-refractivity contribution is 5.85. The van der Waals surface area contributed by atoms with E-state index in [4.69, 9.17) is 5.11 Å². The minimum absolute atomic E-state index is 0.283. The Morgan fingerprint density at radius 3 is 2.55 bits per heavy atom. The van der Waals surface area contributed by atoms with Crippen LogP contribution >= 0.6 is 0 Å². The zero-order valence-electron chi connectivity index (χ0n) is 6.87. The highest BCUT2D eigenvalue weighted by Gasteiger charge is 2.22. The van der Waals surface area contributed by atoms with Crippen molar-refractivity contribution >= 4 is 5.97 Å². The predicted octanol–water partition coefficient (Wildman–Crippen LogP) is 0.721. The maximum atomic E-state index is 10.4. The summed E-state index contributed by atoms with van der Waals surface area (Å²) in [5, 5.41) is 8.55.